The Morgan fingerprint density at radius 3 is 2.67 bits per heavy atom. The van der Waals surface area contributed by atoms with Gasteiger partial charge >= 0.3 is 0 Å². The first-order chi connectivity index (χ1) is 8.63. The highest BCUT2D eigenvalue weighted by molar-refractivity contribution is 5.18. The fourth-order valence-corrected chi connectivity index (χ4v) is 1.75. The molecule has 4 heteroatoms. The lowest BCUT2D eigenvalue weighted by Gasteiger charge is -2.14. The van der Waals surface area contributed by atoms with E-state index in [4.69, 9.17) is 0 Å². The van der Waals surface area contributed by atoms with Gasteiger partial charge in [-0.15, -0.1) is 0 Å². The minimum atomic E-state index is -0.527. The molecule has 0 aromatic heterocycles. The van der Waals surface area contributed by atoms with Crippen molar-refractivity contribution in [2.45, 2.75) is 32.7 Å². The summed E-state index contributed by atoms with van der Waals surface area (Å²) >= 11 is 0. The summed E-state index contributed by atoms with van der Waals surface area (Å²) in [5.74, 6) is -0.991. The predicted octanol–water partition coefficient (Wildman–Crippen LogP) is 2.49. The molecule has 0 aliphatic rings. The number of hydrogen-bond donors (Lipinski definition) is 2. The molecule has 2 nitrogen and oxygen atoms in total. The molecule has 0 aliphatic heterocycles. The molecule has 0 radical (unpaired) electrons. The Hall–Kier alpha value is -1.00. The van der Waals surface area contributed by atoms with Gasteiger partial charge < -0.3 is 10.6 Å². The molecule has 0 bridgehead atoms. The quantitative estimate of drug-likeness (QED) is 0.698. The molecule has 18 heavy (non-hydrogen) atoms. The third-order valence-electron chi connectivity index (χ3n) is 2.78. The van der Waals surface area contributed by atoms with Gasteiger partial charge in [0.2, 0.25) is 0 Å². The van der Waals surface area contributed by atoms with E-state index in [0.29, 0.717) is 24.6 Å². The second-order valence-electron chi connectivity index (χ2n) is 4.55. The van der Waals surface area contributed by atoms with E-state index in [-0.39, 0.29) is 0 Å². The van der Waals surface area contributed by atoms with Gasteiger partial charge in [0.15, 0.2) is 0 Å². The van der Waals surface area contributed by atoms with Gasteiger partial charge in [0.25, 0.3) is 0 Å². The first kappa shape index (κ1) is 15.1. The summed E-state index contributed by atoms with van der Waals surface area (Å²) in [5.41, 5.74) is 0.553. The molecule has 1 unspecified atom stereocenters. The topological polar surface area (TPSA) is 24.1 Å². The monoisotopic (exact) mass is 256 g/mol. The summed E-state index contributed by atoms with van der Waals surface area (Å²) in [6, 6.07) is 4.08. The van der Waals surface area contributed by atoms with Gasteiger partial charge in [-0.1, -0.05) is 13.0 Å². The van der Waals surface area contributed by atoms with Crippen molar-refractivity contribution in [3.8, 4) is 0 Å². The Morgan fingerprint density at radius 2 is 2.00 bits per heavy atom. The van der Waals surface area contributed by atoms with Gasteiger partial charge in [-0.25, -0.2) is 8.78 Å². The van der Waals surface area contributed by atoms with E-state index in [2.05, 4.69) is 24.5 Å². The summed E-state index contributed by atoms with van der Waals surface area (Å²) in [7, 11) is 0. The third-order valence-corrected chi connectivity index (χ3v) is 2.78. The molecule has 1 aromatic carbocycles. The fourth-order valence-electron chi connectivity index (χ4n) is 1.75. The Bertz CT molecular complexity index is 356. The minimum absolute atomic E-state index is 0.347. The molecule has 0 spiro atoms. The molecule has 1 atom stereocenters. The predicted molar refractivity (Wildman–Crippen MR) is 70.7 cm³/mol. The zero-order chi connectivity index (χ0) is 13.4. The Balaban J connectivity index is 2.24. The van der Waals surface area contributed by atoms with Crippen LogP contribution in [-0.2, 0) is 6.42 Å². The first-order valence-electron chi connectivity index (χ1n) is 6.51. The maximum Gasteiger partial charge on any atom is 0.129 e. The van der Waals surface area contributed by atoms with Gasteiger partial charge in [-0.05, 0) is 44.5 Å². The van der Waals surface area contributed by atoms with Crippen molar-refractivity contribution in [3.05, 3.63) is 35.4 Å². The third kappa shape index (κ3) is 5.56. The number of benzene rings is 1. The Kier molecular flexibility index (Phi) is 6.83. The fraction of sp³-hybridized carbons (Fsp3) is 0.571. The summed E-state index contributed by atoms with van der Waals surface area (Å²) in [6.45, 7) is 6.82. The molecule has 0 saturated carbocycles. The average molecular weight is 256 g/mol. The lowest BCUT2D eigenvalue weighted by atomic mass is 10.1. The Labute approximate surface area is 108 Å². The highest BCUT2D eigenvalue weighted by Gasteiger charge is 2.05. The van der Waals surface area contributed by atoms with Crippen LogP contribution in [0.2, 0.25) is 0 Å². The maximum absolute atomic E-state index is 13.3. The number of nitrogens with one attached hydrogen (secondary N) is 2. The second-order valence-corrected chi connectivity index (χ2v) is 4.55. The van der Waals surface area contributed by atoms with E-state index >= 15 is 0 Å². The van der Waals surface area contributed by atoms with Crippen LogP contribution < -0.4 is 10.6 Å². The zero-order valence-electron chi connectivity index (χ0n) is 11.1. The van der Waals surface area contributed by atoms with Crippen molar-refractivity contribution in [1.29, 1.82) is 0 Å². The van der Waals surface area contributed by atoms with Gasteiger partial charge in [-0.2, -0.15) is 0 Å². The van der Waals surface area contributed by atoms with E-state index in [1.165, 1.54) is 12.1 Å². The van der Waals surface area contributed by atoms with Crippen LogP contribution in [0.4, 0.5) is 8.78 Å². The molecule has 0 saturated heterocycles. The number of halogens is 2. The average Bonchev–Trinajstić information content (AvgIpc) is 2.32. The first-order valence-corrected chi connectivity index (χ1v) is 6.51. The van der Waals surface area contributed by atoms with Crippen LogP contribution in [0.25, 0.3) is 0 Å². The van der Waals surface area contributed by atoms with E-state index in [9.17, 15) is 8.78 Å². The maximum atomic E-state index is 13.3. The van der Waals surface area contributed by atoms with E-state index in [1.807, 2.05) is 0 Å². The standard InChI is InChI=1S/C14H22F2N2/c1-3-7-17-10-11(2)18-8-6-12-4-5-13(15)9-14(12)16/h4-5,9,11,17-18H,3,6-8,10H2,1-2H3. The molecule has 1 rings (SSSR count). The van der Waals surface area contributed by atoms with Crippen molar-refractivity contribution in [2.24, 2.45) is 0 Å². The molecule has 0 aliphatic carbocycles. The Morgan fingerprint density at radius 1 is 1.22 bits per heavy atom. The summed E-state index contributed by atoms with van der Waals surface area (Å²) in [6.07, 6.45) is 1.69. The molecular formula is C14H22F2N2. The van der Waals surface area contributed by atoms with Crippen LogP contribution in [0.1, 0.15) is 25.8 Å². The van der Waals surface area contributed by atoms with Crippen molar-refractivity contribution in [1.82, 2.24) is 10.6 Å². The summed E-state index contributed by atoms with van der Waals surface area (Å²) < 4.78 is 26.1. The lowest BCUT2D eigenvalue weighted by Crippen LogP contribution is -2.37. The summed E-state index contributed by atoms with van der Waals surface area (Å²) in [5, 5.41) is 6.63. The summed E-state index contributed by atoms with van der Waals surface area (Å²) in [4.78, 5) is 0. The molecular weight excluding hydrogens is 234 g/mol. The van der Waals surface area contributed by atoms with Crippen LogP contribution in [-0.4, -0.2) is 25.7 Å². The molecule has 0 fully saturated rings. The van der Waals surface area contributed by atoms with Crippen LogP contribution in [0.3, 0.4) is 0 Å². The molecule has 0 amide bonds. The number of hydrogen-bond acceptors (Lipinski definition) is 2. The van der Waals surface area contributed by atoms with Gasteiger partial charge in [-0.3, -0.25) is 0 Å². The highest BCUT2D eigenvalue weighted by atomic mass is 19.1. The minimum Gasteiger partial charge on any atom is -0.315 e. The van der Waals surface area contributed by atoms with Crippen LogP contribution in [0.5, 0.6) is 0 Å². The van der Waals surface area contributed by atoms with E-state index in [1.54, 1.807) is 0 Å². The van der Waals surface area contributed by atoms with Gasteiger partial charge in [0.05, 0.1) is 0 Å². The molecule has 102 valence electrons. The number of rotatable bonds is 8. The lowest BCUT2D eigenvalue weighted by molar-refractivity contribution is 0.499. The van der Waals surface area contributed by atoms with E-state index in [0.717, 1.165) is 25.6 Å². The van der Waals surface area contributed by atoms with Crippen molar-refractivity contribution in [2.75, 3.05) is 19.6 Å². The van der Waals surface area contributed by atoms with Crippen LogP contribution in [0, 0.1) is 11.6 Å². The SMILES string of the molecule is CCCNCC(C)NCCc1ccc(F)cc1F. The largest absolute Gasteiger partial charge is 0.315 e. The smallest absolute Gasteiger partial charge is 0.129 e. The van der Waals surface area contributed by atoms with Gasteiger partial charge in [0, 0.05) is 18.7 Å². The van der Waals surface area contributed by atoms with Crippen molar-refractivity contribution >= 4 is 0 Å². The van der Waals surface area contributed by atoms with Crippen LogP contribution >= 0.6 is 0 Å². The molecule has 0 heterocycles. The van der Waals surface area contributed by atoms with Crippen LogP contribution in [0.15, 0.2) is 18.2 Å². The highest BCUT2D eigenvalue weighted by Crippen LogP contribution is 2.09. The van der Waals surface area contributed by atoms with Gasteiger partial charge in [0.1, 0.15) is 11.6 Å². The zero-order valence-corrected chi connectivity index (χ0v) is 11.1. The second kappa shape index (κ2) is 8.16. The van der Waals surface area contributed by atoms with E-state index < -0.39 is 11.6 Å². The normalized spacial score (nSPS) is 12.7. The molecule has 2 N–H and O–H groups in total. The van der Waals surface area contributed by atoms with Crippen molar-refractivity contribution in [3.63, 3.8) is 0 Å². The van der Waals surface area contributed by atoms with Crippen molar-refractivity contribution < 1.29 is 8.78 Å². The molecule has 1 aromatic rings.